The van der Waals surface area contributed by atoms with Gasteiger partial charge in [-0.3, -0.25) is 0 Å². The van der Waals surface area contributed by atoms with E-state index >= 15 is 0 Å². The summed E-state index contributed by atoms with van der Waals surface area (Å²) < 4.78 is 5.13. The summed E-state index contributed by atoms with van der Waals surface area (Å²) in [5.74, 6) is 0. The van der Waals surface area contributed by atoms with Crippen molar-refractivity contribution in [3.8, 4) is 0 Å². The van der Waals surface area contributed by atoms with Crippen molar-refractivity contribution in [3.05, 3.63) is 0 Å². The Bertz CT molecular complexity index is 204. The van der Waals surface area contributed by atoms with Crippen LogP contribution in [0.2, 0.25) is 0 Å². The van der Waals surface area contributed by atoms with Gasteiger partial charge in [0, 0.05) is 26.3 Å². The van der Waals surface area contributed by atoms with E-state index in [0.717, 1.165) is 26.0 Å². The molecule has 2 N–H and O–H groups in total. The van der Waals surface area contributed by atoms with E-state index in [2.05, 4.69) is 5.32 Å². The molecule has 0 amide bonds. The highest BCUT2D eigenvalue weighted by atomic mass is 16.5. The van der Waals surface area contributed by atoms with Crippen LogP contribution < -0.4 is 5.32 Å². The summed E-state index contributed by atoms with van der Waals surface area (Å²) in [6.07, 6.45) is 6.99. The molecule has 0 aromatic rings. The number of rotatable bonds is 6. The molecule has 0 radical (unpaired) electrons. The van der Waals surface area contributed by atoms with Gasteiger partial charge >= 0.3 is 0 Å². The molecule has 0 bridgehead atoms. The molecule has 15 heavy (non-hydrogen) atoms. The number of ether oxygens (including phenoxy) is 1. The molecule has 2 unspecified atom stereocenters. The summed E-state index contributed by atoms with van der Waals surface area (Å²) in [7, 11) is 1.77. The Kier molecular flexibility index (Phi) is 3.65. The third kappa shape index (κ3) is 2.92. The van der Waals surface area contributed by atoms with Crippen LogP contribution in [0.1, 0.15) is 38.5 Å². The fourth-order valence-corrected chi connectivity index (χ4v) is 2.54. The van der Waals surface area contributed by atoms with Gasteiger partial charge in [0.2, 0.25) is 0 Å². The van der Waals surface area contributed by atoms with Crippen molar-refractivity contribution in [2.24, 2.45) is 5.41 Å². The zero-order valence-corrected chi connectivity index (χ0v) is 9.67. The predicted octanol–water partition coefficient (Wildman–Crippen LogP) is 1.31. The van der Waals surface area contributed by atoms with Gasteiger partial charge < -0.3 is 15.2 Å². The minimum Gasteiger partial charge on any atom is -0.392 e. The van der Waals surface area contributed by atoms with Crippen LogP contribution in [0.3, 0.4) is 0 Å². The lowest BCUT2D eigenvalue weighted by Gasteiger charge is -2.21. The fourth-order valence-electron chi connectivity index (χ4n) is 2.54. The average Bonchev–Trinajstić information content (AvgIpc) is 2.90. The highest BCUT2D eigenvalue weighted by Gasteiger charge is 2.42. The maximum absolute atomic E-state index is 9.70. The number of aliphatic hydroxyl groups is 1. The third-order valence-corrected chi connectivity index (χ3v) is 4.01. The number of aliphatic hydroxyl groups excluding tert-OH is 1. The van der Waals surface area contributed by atoms with Gasteiger partial charge in [-0.05, 0) is 43.9 Å². The lowest BCUT2D eigenvalue weighted by atomic mass is 10.0. The van der Waals surface area contributed by atoms with Gasteiger partial charge in [-0.1, -0.05) is 0 Å². The molecule has 0 spiro atoms. The smallest absolute Gasteiger partial charge is 0.0693 e. The summed E-state index contributed by atoms with van der Waals surface area (Å²) in [4.78, 5) is 0. The molecule has 2 atom stereocenters. The van der Waals surface area contributed by atoms with Crippen LogP contribution in [0, 0.1) is 5.41 Å². The molecule has 0 heterocycles. The van der Waals surface area contributed by atoms with Crippen LogP contribution >= 0.6 is 0 Å². The van der Waals surface area contributed by atoms with Crippen LogP contribution in [-0.2, 0) is 4.74 Å². The second-order valence-electron chi connectivity index (χ2n) is 5.23. The standard InChI is InChI=1S/C12H23NO2/c1-15-8-7-12(5-6-12)9-13-10-3-2-4-11(10)14/h10-11,13-14H,2-9H2,1H3. The van der Waals surface area contributed by atoms with Crippen molar-refractivity contribution in [1.82, 2.24) is 5.32 Å². The van der Waals surface area contributed by atoms with E-state index < -0.39 is 0 Å². The largest absolute Gasteiger partial charge is 0.392 e. The quantitative estimate of drug-likeness (QED) is 0.699. The number of nitrogens with one attached hydrogen (secondary N) is 1. The lowest BCUT2D eigenvalue weighted by molar-refractivity contribution is 0.139. The van der Waals surface area contributed by atoms with Crippen LogP contribution in [-0.4, -0.2) is 37.5 Å². The Morgan fingerprint density at radius 2 is 2.20 bits per heavy atom. The van der Waals surface area contributed by atoms with E-state index in [0.29, 0.717) is 11.5 Å². The molecule has 0 aliphatic heterocycles. The molecule has 2 saturated carbocycles. The van der Waals surface area contributed by atoms with Crippen molar-refractivity contribution < 1.29 is 9.84 Å². The first-order valence-electron chi connectivity index (χ1n) is 6.16. The molecule has 88 valence electrons. The van der Waals surface area contributed by atoms with Crippen molar-refractivity contribution in [2.45, 2.75) is 50.7 Å². The summed E-state index contributed by atoms with van der Waals surface area (Å²) in [6, 6.07) is 0.352. The van der Waals surface area contributed by atoms with Gasteiger partial charge in [0.15, 0.2) is 0 Å². The fraction of sp³-hybridized carbons (Fsp3) is 1.00. The highest BCUT2D eigenvalue weighted by molar-refractivity contribution is 4.96. The second kappa shape index (κ2) is 4.81. The summed E-state index contributed by atoms with van der Waals surface area (Å²) in [5, 5.41) is 13.2. The Morgan fingerprint density at radius 1 is 1.40 bits per heavy atom. The van der Waals surface area contributed by atoms with Crippen molar-refractivity contribution >= 4 is 0 Å². The number of methoxy groups -OCH3 is 1. The molecule has 0 aromatic heterocycles. The Balaban J connectivity index is 1.68. The Labute approximate surface area is 92.2 Å². The minimum atomic E-state index is -0.108. The maximum Gasteiger partial charge on any atom is 0.0693 e. The average molecular weight is 213 g/mol. The molecule has 2 aliphatic carbocycles. The van der Waals surface area contributed by atoms with Crippen molar-refractivity contribution in [2.75, 3.05) is 20.3 Å². The predicted molar refractivity (Wildman–Crippen MR) is 59.8 cm³/mol. The zero-order chi connectivity index (χ0) is 10.7. The Hall–Kier alpha value is -0.120. The van der Waals surface area contributed by atoms with Gasteiger partial charge in [0.25, 0.3) is 0 Å². The minimum absolute atomic E-state index is 0.108. The monoisotopic (exact) mass is 213 g/mol. The van der Waals surface area contributed by atoms with Crippen LogP contribution in [0.25, 0.3) is 0 Å². The van der Waals surface area contributed by atoms with E-state index in [1.165, 1.54) is 25.7 Å². The topological polar surface area (TPSA) is 41.5 Å². The number of hydrogen-bond acceptors (Lipinski definition) is 3. The van der Waals surface area contributed by atoms with Crippen LogP contribution in [0.4, 0.5) is 0 Å². The van der Waals surface area contributed by atoms with E-state index in [-0.39, 0.29) is 6.10 Å². The summed E-state index contributed by atoms with van der Waals surface area (Å²) in [5.41, 5.74) is 0.498. The van der Waals surface area contributed by atoms with Crippen LogP contribution in [0.5, 0.6) is 0 Å². The van der Waals surface area contributed by atoms with Gasteiger partial charge in [-0.15, -0.1) is 0 Å². The lowest BCUT2D eigenvalue weighted by Crippen LogP contribution is -2.39. The van der Waals surface area contributed by atoms with Gasteiger partial charge in [-0.2, -0.15) is 0 Å². The molecule has 2 fully saturated rings. The van der Waals surface area contributed by atoms with Gasteiger partial charge in [0.1, 0.15) is 0 Å². The number of hydrogen-bond donors (Lipinski definition) is 2. The molecule has 2 aliphatic rings. The molecule has 0 saturated heterocycles. The highest BCUT2D eigenvalue weighted by Crippen LogP contribution is 2.48. The van der Waals surface area contributed by atoms with Crippen molar-refractivity contribution in [1.29, 1.82) is 0 Å². The van der Waals surface area contributed by atoms with Crippen molar-refractivity contribution in [3.63, 3.8) is 0 Å². The first kappa shape index (κ1) is 11.4. The summed E-state index contributed by atoms with van der Waals surface area (Å²) >= 11 is 0. The SMILES string of the molecule is COCCC1(CNC2CCCC2O)CC1. The molecular formula is C12H23NO2. The van der Waals surface area contributed by atoms with E-state index in [4.69, 9.17) is 4.74 Å². The normalized spacial score (nSPS) is 33.2. The maximum atomic E-state index is 9.70. The molecule has 0 aromatic carbocycles. The van der Waals surface area contributed by atoms with E-state index in [9.17, 15) is 5.11 Å². The first-order chi connectivity index (χ1) is 7.26. The Morgan fingerprint density at radius 3 is 2.73 bits per heavy atom. The first-order valence-corrected chi connectivity index (χ1v) is 6.16. The second-order valence-corrected chi connectivity index (χ2v) is 5.23. The molecule has 2 rings (SSSR count). The molecular weight excluding hydrogens is 190 g/mol. The van der Waals surface area contributed by atoms with Gasteiger partial charge in [-0.25, -0.2) is 0 Å². The molecule has 3 heteroatoms. The van der Waals surface area contributed by atoms with Crippen LogP contribution in [0.15, 0.2) is 0 Å². The summed E-state index contributed by atoms with van der Waals surface area (Å²) in [6.45, 7) is 1.94. The third-order valence-electron chi connectivity index (χ3n) is 4.01. The van der Waals surface area contributed by atoms with Gasteiger partial charge in [0.05, 0.1) is 6.10 Å². The zero-order valence-electron chi connectivity index (χ0n) is 9.67. The van der Waals surface area contributed by atoms with E-state index in [1.54, 1.807) is 7.11 Å². The van der Waals surface area contributed by atoms with E-state index in [1.807, 2.05) is 0 Å². The molecule has 3 nitrogen and oxygen atoms in total.